The summed E-state index contributed by atoms with van der Waals surface area (Å²) >= 11 is 0. The zero-order chi connectivity index (χ0) is 16.4. The van der Waals surface area contributed by atoms with E-state index in [2.05, 4.69) is 15.4 Å². The quantitative estimate of drug-likeness (QED) is 0.657. The standard InChI is InChI=1S/C14H26N2O5/c1-6-7-21-14(19)15-10(4)12(17)16-11(8-9(2)3)13(18)20-5/h9-11H,6-8H2,1-5H3,(H,15,19)(H,16,17). The van der Waals surface area contributed by atoms with Gasteiger partial charge in [-0.05, 0) is 25.7 Å². The Morgan fingerprint density at radius 2 is 1.71 bits per heavy atom. The predicted molar refractivity (Wildman–Crippen MR) is 77.6 cm³/mol. The topological polar surface area (TPSA) is 93.7 Å². The number of carbonyl (C=O) groups is 3. The van der Waals surface area contributed by atoms with Crippen LogP contribution in [-0.2, 0) is 19.1 Å². The summed E-state index contributed by atoms with van der Waals surface area (Å²) in [4.78, 5) is 35.0. The Morgan fingerprint density at radius 3 is 2.19 bits per heavy atom. The average Bonchev–Trinajstić information content (AvgIpc) is 2.42. The molecule has 2 amide bonds. The van der Waals surface area contributed by atoms with Crippen LogP contribution >= 0.6 is 0 Å². The molecule has 0 aliphatic carbocycles. The number of esters is 1. The molecule has 2 unspecified atom stereocenters. The number of methoxy groups -OCH3 is 1. The van der Waals surface area contributed by atoms with Crippen molar-refractivity contribution < 1.29 is 23.9 Å². The number of alkyl carbamates (subject to hydrolysis) is 1. The monoisotopic (exact) mass is 302 g/mol. The molecule has 0 saturated heterocycles. The van der Waals surface area contributed by atoms with Crippen LogP contribution < -0.4 is 10.6 Å². The molecule has 21 heavy (non-hydrogen) atoms. The summed E-state index contributed by atoms with van der Waals surface area (Å²) in [6.07, 6.45) is 0.510. The third-order valence-electron chi connectivity index (χ3n) is 2.67. The van der Waals surface area contributed by atoms with Crippen molar-refractivity contribution in [1.82, 2.24) is 10.6 Å². The largest absolute Gasteiger partial charge is 0.467 e. The van der Waals surface area contributed by atoms with Gasteiger partial charge in [0.15, 0.2) is 0 Å². The molecule has 7 heteroatoms. The van der Waals surface area contributed by atoms with E-state index in [0.29, 0.717) is 12.8 Å². The molecule has 2 atom stereocenters. The Balaban J connectivity index is 4.46. The zero-order valence-electron chi connectivity index (χ0n) is 13.4. The SMILES string of the molecule is CCCOC(=O)NC(C)C(=O)NC(CC(C)C)C(=O)OC. The van der Waals surface area contributed by atoms with Crippen LogP contribution in [0, 0.1) is 5.92 Å². The Labute approximate surface area is 125 Å². The maximum atomic E-state index is 12.0. The van der Waals surface area contributed by atoms with Gasteiger partial charge in [-0.1, -0.05) is 20.8 Å². The van der Waals surface area contributed by atoms with Crippen LogP contribution in [0.15, 0.2) is 0 Å². The minimum atomic E-state index is -0.798. The van der Waals surface area contributed by atoms with Gasteiger partial charge in [-0.15, -0.1) is 0 Å². The Bertz CT molecular complexity index is 357. The van der Waals surface area contributed by atoms with Crippen LogP contribution in [-0.4, -0.2) is 43.8 Å². The van der Waals surface area contributed by atoms with Crippen molar-refractivity contribution in [3.05, 3.63) is 0 Å². The highest BCUT2D eigenvalue weighted by Crippen LogP contribution is 2.06. The highest BCUT2D eigenvalue weighted by molar-refractivity contribution is 5.89. The minimum Gasteiger partial charge on any atom is -0.467 e. The fraction of sp³-hybridized carbons (Fsp3) is 0.786. The Hall–Kier alpha value is -1.79. The lowest BCUT2D eigenvalue weighted by Crippen LogP contribution is -2.51. The van der Waals surface area contributed by atoms with Gasteiger partial charge in [0.1, 0.15) is 12.1 Å². The van der Waals surface area contributed by atoms with E-state index in [4.69, 9.17) is 4.74 Å². The third kappa shape index (κ3) is 8.16. The molecule has 0 fully saturated rings. The first-order chi connectivity index (χ1) is 9.81. The van der Waals surface area contributed by atoms with E-state index in [-0.39, 0.29) is 12.5 Å². The van der Waals surface area contributed by atoms with Crippen LogP contribution in [0.4, 0.5) is 4.79 Å². The molecule has 0 bridgehead atoms. The summed E-state index contributed by atoms with van der Waals surface area (Å²) in [5.74, 6) is -0.746. The number of rotatable bonds is 8. The summed E-state index contributed by atoms with van der Waals surface area (Å²) in [6.45, 7) is 7.55. The number of hydrogen-bond acceptors (Lipinski definition) is 5. The highest BCUT2D eigenvalue weighted by atomic mass is 16.5. The first-order valence-corrected chi connectivity index (χ1v) is 7.13. The Morgan fingerprint density at radius 1 is 1.10 bits per heavy atom. The second kappa shape index (κ2) is 10.0. The molecular formula is C14H26N2O5. The third-order valence-corrected chi connectivity index (χ3v) is 2.67. The van der Waals surface area contributed by atoms with Crippen molar-refractivity contribution in [1.29, 1.82) is 0 Å². The van der Waals surface area contributed by atoms with Crippen molar-refractivity contribution in [2.75, 3.05) is 13.7 Å². The number of ether oxygens (including phenoxy) is 2. The normalized spacial score (nSPS) is 13.2. The second-order valence-electron chi connectivity index (χ2n) is 5.22. The predicted octanol–water partition coefficient (Wildman–Crippen LogP) is 1.22. The molecule has 0 aliphatic heterocycles. The molecule has 0 rings (SSSR count). The van der Waals surface area contributed by atoms with Gasteiger partial charge in [0, 0.05) is 0 Å². The lowest BCUT2D eigenvalue weighted by atomic mass is 10.0. The van der Waals surface area contributed by atoms with Gasteiger partial charge in [0.25, 0.3) is 0 Å². The maximum absolute atomic E-state index is 12.0. The van der Waals surface area contributed by atoms with Gasteiger partial charge < -0.3 is 20.1 Å². The fourth-order valence-corrected chi connectivity index (χ4v) is 1.60. The van der Waals surface area contributed by atoms with E-state index in [1.165, 1.54) is 14.0 Å². The first-order valence-electron chi connectivity index (χ1n) is 7.13. The van der Waals surface area contributed by atoms with E-state index < -0.39 is 30.1 Å². The average molecular weight is 302 g/mol. The number of amides is 2. The van der Waals surface area contributed by atoms with Crippen molar-refractivity contribution in [3.63, 3.8) is 0 Å². The molecule has 0 spiro atoms. The van der Waals surface area contributed by atoms with E-state index >= 15 is 0 Å². The summed E-state index contributed by atoms with van der Waals surface area (Å²) < 4.78 is 9.49. The van der Waals surface area contributed by atoms with Gasteiger partial charge in [0.05, 0.1) is 13.7 Å². The molecule has 0 aromatic carbocycles. The zero-order valence-corrected chi connectivity index (χ0v) is 13.4. The van der Waals surface area contributed by atoms with E-state index in [0.717, 1.165) is 0 Å². The summed E-state index contributed by atoms with van der Waals surface area (Å²) in [5.41, 5.74) is 0. The second-order valence-corrected chi connectivity index (χ2v) is 5.22. The van der Waals surface area contributed by atoms with Gasteiger partial charge >= 0.3 is 12.1 Å². The van der Waals surface area contributed by atoms with Crippen molar-refractivity contribution in [2.24, 2.45) is 5.92 Å². The first kappa shape index (κ1) is 19.2. The number of carbonyl (C=O) groups excluding carboxylic acids is 3. The maximum Gasteiger partial charge on any atom is 0.407 e. The molecule has 2 N–H and O–H groups in total. The van der Waals surface area contributed by atoms with Crippen molar-refractivity contribution in [2.45, 2.75) is 52.6 Å². The van der Waals surface area contributed by atoms with Gasteiger partial charge in [-0.2, -0.15) is 0 Å². The van der Waals surface area contributed by atoms with Gasteiger partial charge in [-0.3, -0.25) is 4.79 Å². The van der Waals surface area contributed by atoms with Crippen molar-refractivity contribution >= 4 is 18.0 Å². The minimum absolute atomic E-state index is 0.215. The van der Waals surface area contributed by atoms with Crippen LogP contribution in [0.3, 0.4) is 0 Å². The summed E-state index contributed by atoms with van der Waals surface area (Å²) in [5, 5.41) is 4.98. The van der Waals surface area contributed by atoms with Crippen molar-refractivity contribution in [3.8, 4) is 0 Å². The van der Waals surface area contributed by atoms with Gasteiger partial charge in [-0.25, -0.2) is 9.59 Å². The van der Waals surface area contributed by atoms with Crippen LogP contribution in [0.5, 0.6) is 0 Å². The lowest BCUT2D eigenvalue weighted by molar-refractivity contribution is -0.145. The summed E-state index contributed by atoms with van der Waals surface area (Å²) in [7, 11) is 1.27. The molecule has 0 saturated carbocycles. The number of hydrogen-bond donors (Lipinski definition) is 2. The molecule has 0 heterocycles. The molecule has 0 aliphatic rings. The molecule has 0 aromatic heterocycles. The van der Waals surface area contributed by atoms with Crippen LogP contribution in [0.1, 0.15) is 40.5 Å². The molecule has 0 radical (unpaired) electrons. The van der Waals surface area contributed by atoms with Crippen LogP contribution in [0.25, 0.3) is 0 Å². The van der Waals surface area contributed by atoms with Crippen LogP contribution in [0.2, 0.25) is 0 Å². The fourth-order valence-electron chi connectivity index (χ4n) is 1.60. The lowest BCUT2D eigenvalue weighted by Gasteiger charge is -2.21. The molecular weight excluding hydrogens is 276 g/mol. The smallest absolute Gasteiger partial charge is 0.407 e. The number of nitrogens with one attached hydrogen (secondary N) is 2. The van der Waals surface area contributed by atoms with E-state index in [1.54, 1.807) is 0 Å². The molecule has 7 nitrogen and oxygen atoms in total. The van der Waals surface area contributed by atoms with E-state index in [9.17, 15) is 14.4 Å². The molecule has 122 valence electrons. The van der Waals surface area contributed by atoms with E-state index in [1.807, 2.05) is 20.8 Å². The van der Waals surface area contributed by atoms with Gasteiger partial charge in [0.2, 0.25) is 5.91 Å². The Kier molecular flexibility index (Phi) is 9.16. The highest BCUT2D eigenvalue weighted by Gasteiger charge is 2.25. The molecule has 0 aromatic rings. The summed E-state index contributed by atoms with van der Waals surface area (Å²) in [6, 6.07) is -1.52.